The maximum atomic E-state index is 13.6. The highest BCUT2D eigenvalue weighted by atomic mass is 19.1. The molecule has 0 fully saturated rings. The molecule has 0 atom stereocenters. The van der Waals surface area contributed by atoms with Crippen LogP contribution < -0.4 is 11.1 Å². The number of primary amides is 1. The van der Waals surface area contributed by atoms with Gasteiger partial charge in [0, 0.05) is 12.1 Å². The van der Waals surface area contributed by atoms with Crippen LogP contribution >= 0.6 is 0 Å². The number of hydrogen-bond donors (Lipinski definition) is 2. The van der Waals surface area contributed by atoms with Crippen LogP contribution in [0.15, 0.2) is 42.5 Å². The summed E-state index contributed by atoms with van der Waals surface area (Å²) in [4.78, 5) is 11.3. The third-order valence-electron chi connectivity index (χ3n) is 2.87. The molecule has 0 aromatic heterocycles. The Kier molecular flexibility index (Phi) is 3.80. The Bertz CT molecular complexity index is 611. The van der Waals surface area contributed by atoms with Crippen molar-refractivity contribution in [3.8, 4) is 0 Å². The largest absolute Gasteiger partial charge is 0.379 e. The number of halogens is 1. The number of benzene rings is 2. The van der Waals surface area contributed by atoms with Crippen molar-refractivity contribution in [2.75, 3.05) is 5.32 Å². The van der Waals surface area contributed by atoms with Crippen LogP contribution in [0.2, 0.25) is 0 Å². The normalized spacial score (nSPS) is 10.2. The molecule has 1 amide bonds. The van der Waals surface area contributed by atoms with Crippen LogP contribution in [0.25, 0.3) is 0 Å². The van der Waals surface area contributed by atoms with Crippen LogP contribution in [0.4, 0.5) is 10.1 Å². The Balaban J connectivity index is 2.19. The Morgan fingerprint density at radius 2 is 2.00 bits per heavy atom. The molecule has 98 valence electrons. The Hall–Kier alpha value is -2.36. The van der Waals surface area contributed by atoms with Crippen LogP contribution in [0.5, 0.6) is 0 Å². The molecule has 19 heavy (non-hydrogen) atoms. The third kappa shape index (κ3) is 3.10. The Labute approximate surface area is 111 Å². The zero-order valence-corrected chi connectivity index (χ0v) is 10.6. The molecule has 3 nitrogen and oxygen atoms in total. The van der Waals surface area contributed by atoms with Gasteiger partial charge in [-0.05, 0) is 36.2 Å². The van der Waals surface area contributed by atoms with Crippen molar-refractivity contribution >= 4 is 11.6 Å². The summed E-state index contributed by atoms with van der Waals surface area (Å²) in [5.74, 6) is -0.802. The second kappa shape index (κ2) is 5.52. The number of anilines is 1. The quantitative estimate of drug-likeness (QED) is 0.886. The highest BCUT2D eigenvalue weighted by Gasteiger charge is 2.08. The first-order valence-corrected chi connectivity index (χ1v) is 5.95. The second-order valence-electron chi connectivity index (χ2n) is 4.36. The first-order chi connectivity index (χ1) is 9.08. The summed E-state index contributed by atoms with van der Waals surface area (Å²) >= 11 is 0. The minimum absolute atomic E-state index is 0.317. The van der Waals surface area contributed by atoms with E-state index >= 15 is 0 Å². The van der Waals surface area contributed by atoms with Crippen LogP contribution in [-0.2, 0) is 6.54 Å². The average molecular weight is 258 g/mol. The fourth-order valence-electron chi connectivity index (χ4n) is 1.88. The van der Waals surface area contributed by atoms with Gasteiger partial charge in [0.15, 0.2) is 0 Å². The number of rotatable bonds is 4. The van der Waals surface area contributed by atoms with Gasteiger partial charge in [-0.3, -0.25) is 4.79 Å². The van der Waals surface area contributed by atoms with Gasteiger partial charge in [-0.15, -0.1) is 0 Å². The fraction of sp³-hybridized carbons (Fsp3) is 0.133. The summed E-state index contributed by atoms with van der Waals surface area (Å²) in [6, 6.07) is 11.9. The van der Waals surface area contributed by atoms with Gasteiger partial charge in [-0.25, -0.2) is 4.39 Å². The van der Waals surface area contributed by atoms with Gasteiger partial charge < -0.3 is 11.1 Å². The van der Waals surface area contributed by atoms with E-state index in [1.165, 1.54) is 6.07 Å². The van der Waals surface area contributed by atoms with E-state index in [0.717, 1.165) is 11.1 Å². The molecule has 0 heterocycles. The van der Waals surface area contributed by atoms with Gasteiger partial charge in [0.2, 0.25) is 5.91 Å². The Morgan fingerprint density at radius 1 is 1.26 bits per heavy atom. The van der Waals surface area contributed by atoms with E-state index in [9.17, 15) is 9.18 Å². The predicted octanol–water partition coefficient (Wildman–Crippen LogP) is 2.85. The molecule has 2 aromatic carbocycles. The topological polar surface area (TPSA) is 55.1 Å². The van der Waals surface area contributed by atoms with E-state index in [-0.39, 0.29) is 5.82 Å². The van der Waals surface area contributed by atoms with Crippen molar-refractivity contribution in [1.29, 1.82) is 0 Å². The summed E-state index contributed by atoms with van der Waals surface area (Å²) in [6.07, 6.45) is 0. The standard InChI is InChI=1S/C15H15FN2O/c1-10-6-7-13(16)14(8-10)18-9-11-4-2-3-5-12(11)15(17)19/h2-8,18H,9H2,1H3,(H2,17,19). The average Bonchev–Trinajstić information content (AvgIpc) is 2.40. The van der Waals surface area contributed by atoms with Crippen molar-refractivity contribution in [2.45, 2.75) is 13.5 Å². The maximum absolute atomic E-state index is 13.6. The molecule has 0 aliphatic rings. The van der Waals surface area contributed by atoms with E-state index in [4.69, 9.17) is 5.73 Å². The molecule has 3 N–H and O–H groups in total. The lowest BCUT2D eigenvalue weighted by Gasteiger charge is -2.10. The summed E-state index contributed by atoms with van der Waals surface area (Å²) in [6.45, 7) is 2.24. The van der Waals surface area contributed by atoms with Crippen molar-refractivity contribution < 1.29 is 9.18 Å². The molecule has 0 aliphatic carbocycles. The molecule has 0 spiro atoms. The summed E-state index contributed by atoms with van der Waals surface area (Å²) in [7, 11) is 0. The van der Waals surface area contributed by atoms with Gasteiger partial charge in [-0.1, -0.05) is 24.3 Å². The monoisotopic (exact) mass is 258 g/mol. The number of aryl methyl sites for hydroxylation is 1. The Morgan fingerprint density at radius 3 is 2.74 bits per heavy atom. The van der Waals surface area contributed by atoms with Gasteiger partial charge in [0.05, 0.1) is 5.69 Å². The van der Waals surface area contributed by atoms with Gasteiger partial charge >= 0.3 is 0 Å². The van der Waals surface area contributed by atoms with Gasteiger partial charge in [0.25, 0.3) is 0 Å². The molecule has 0 saturated carbocycles. The molecule has 0 radical (unpaired) electrons. The molecule has 2 aromatic rings. The van der Waals surface area contributed by atoms with Gasteiger partial charge in [0.1, 0.15) is 5.82 Å². The fourth-order valence-corrected chi connectivity index (χ4v) is 1.88. The SMILES string of the molecule is Cc1ccc(F)c(NCc2ccccc2C(N)=O)c1. The lowest BCUT2D eigenvalue weighted by molar-refractivity contribution is 0.0999. The zero-order chi connectivity index (χ0) is 13.8. The minimum atomic E-state index is -0.484. The molecular formula is C15H15FN2O. The lowest BCUT2D eigenvalue weighted by Crippen LogP contribution is -2.15. The van der Waals surface area contributed by atoms with E-state index < -0.39 is 5.91 Å². The van der Waals surface area contributed by atoms with Crippen molar-refractivity contribution in [3.05, 3.63) is 65.0 Å². The van der Waals surface area contributed by atoms with Crippen LogP contribution in [0.3, 0.4) is 0 Å². The number of hydrogen-bond acceptors (Lipinski definition) is 2. The molecule has 2 rings (SSSR count). The van der Waals surface area contributed by atoms with Crippen LogP contribution in [-0.4, -0.2) is 5.91 Å². The molecule has 4 heteroatoms. The first kappa shape index (κ1) is 13.1. The second-order valence-corrected chi connectivity index (χ2v) is 4.36. The number of nitrogens with two attached hydrogens (primary N) is 1. The molecule has 0 bridgehead atoms. The van der Waals surface area contributed by atoms with Crippen LogP contribution in [0.1, 0.15) is 21.5 Å². The highest BCUT2D eigenvalue weighted by Crippen LogP contribution is 2.17. The molecular weight excluding hydrogens is 243 g/mol. The van der Waals surface area contributed by atoms with E-state index in [1.807, 2.05) is 13.0 Å². The number of carbonyl (C=O) groups excluding carboxylic acids is 1. The van der Waals surface area contributed by atoms with E-state index in [1.54, 1.807) is 30.3 Å². The first-order valence-electron chi connectivity index (χ1n) is 5.95. The van der Waals surface area contributed by atoms with Crippen molar-refractivity contribution in [1.82, 2.24) is 0 Å². The zero-order valence-electron chi connectivity index (χ0n) is 10.6. The minimum Gasteiger partial charge on any atom is -0.379 e. The maximum Gasteiger partial charge on any atom is 0.249 e. The summed E-state index contributed by atoms with van der Waals surface area (Å²) in [5.41, 5.74) is 7.87. The van der Waals surface area contributed by atoms with E-state index in [2.05, 4.69) is 5.32 Å². The number of carbonyl (C=O) groups is 1. The summed E-state index contributed by atoms with van der Waals surface area (Å²) in [5, 5.41) is 2.98. The number of nitrogens with one attached hydrogen (secondary N) is 1. The third-order valence-corrected chi connectivity index (χ3v) is 2.87. The number of amides is 1. The lowest BCUT2D eigenvalue weighted by atomic mass is 10.1. The van der Waals surface area contributed by atoms with Crippen LogP contribution in [0, 0.1) is 12.7 Å². The van der Waals surface area contributed by atoms with Crippen molar-refractivity contribution in [2.24, 2.45) is 5.73 Å². The highest BCUT2D eigenvalue weighted by molar-refractivity contribution is 5.94. The summed E-state index contributed by atoms with van der Waals surface area (Å²) < 4.78 is 13.6. The molecule has 0 aliphatic heterocycles. The van der Waals surface area contributed by atoms with Crippen molar-refractivity contribution in [3.63, 3.8) is 0 Å². The smallest absolute Gasteiger partial charge is 0.249 e. The molecule has 0 saturated heterocycles. The molecule has 0 unspecified atom stereocenters. The predicted molar refractivity (Wildman–Crippen MR) is 73.4 cm³/mol. The van der Waals surface area contributed by atoms with Gasteiger partial charge in [-0.2, -0.15) is 0 Å². The van der Waals surface area contributed by atoms with E-state index in [0.29, 0.717) is 17.8 Å².